The zero-order valence-electron chi connectivity index (χ0n) is 18.1. The number of hydrogen-bond acceptors (Lipinski definition) is 5. The number of thioether (sulfide) groups is 1. The van der Waals surface area contributed by atoms with E-state index in [0.717, 1.165) is 27.3 Å². The maximum Gasteiger partial charge on any atom is 0.306 e. The van der Waals surface area contributed by atoms with Gasteiger partial charge in [-0.2, -0.15) is 0 Å². The molecule has 1 aliphatic heterocycles. The average Bonchev–Trinajstić information content (AvgIpc) is 2.82. The molecule has 0 saturated heterocycles. The third kappa shape index (κ3) is 5.05. The van der Waals surface area contributed by atoms with Gasteiger partial charge in [0.05, 0.1) is 10.9 Å². The molecule has 1 heterocycles. The van der Waals surface area contributed by atoms with Gasteiger partial charge in [-0.1, -0.05) is 42.8 Å². The molecular weight excluding hydrogens is 396 g/mol. The predicted molar refractivity (Wildman–Crippen MR) is 122 cm³/mol. The van der Waals surface area contributed by atoms with Crippen molar-refractivity contribution in [3.05, 3.63) is 59.2 Å². The highest BCUT2D eigenvalue weighted by Gasteiger charge is 2.41. The third-order valence-electron chi connectivity index (χ3n) is 5.15. The fourth-order valence-corrected chi connectivity index (χ4v) is 4.92. The second kappa shape index (κ2) is 10.1. The van der Waals surface area contributed by atoms with E-state index in [4.69, 9.17) is 4.74 Å². The van der Waals surface area contributed by atoms with Crippen LogP contribution in [0.2, 0.25) is 0 Å². The first-order valence-electron chi connectivity index (χ1n) is 10.4. The minimum atomic E-state index is -0.874. The lowest BCUT2D eigenvalue weighted by Gasteiger charge is -2.28. The van der Waals surface area contributed by atoms with Crippen LogP contribution in [-0.4, -0.2) is 38.1 Å². The zero-order chi connectivity index (χ0) is 21.7. The summed E-state index contributed by atoms with van der Waals surface area (Å²) >= 11 is 1.60. The molecule has 1 amide bonds. The fourth-order valence-electron chi connectivity index (χ4n) is 3.51. The SMILES string of the molecule is CCCC(=O)O[C@@H]1C(=O)N(CCNC)c2ccc(C)cc2S[C@@H]1c1ccc(C)cc1. The van der Waals surface area contributed by atoms with Crippen LogP contribution in [0.3, 0.4) is 0 Å². The van der Waals surface area contributed by atoms with E-state index < -0.39 is 6.10 Å². The van der Waals surface area contributed by atoms with Crippen LogP contribution in [0, 0.1) is 13.8 Å². The Morgan fingerprint density at radius 3 is 2.50 bits per heavy atom. The molecule has 0 fully saturated rings. The van der Waals surface area contributed by atoms with Gasteiger partial charge in [-0.25, -0.2) is 0 Å². The molecule has 0 saturated carbocycles. The van der Waals surface area contributed by atoms with Crippen LogP contribution >= 0.6 is 11.8 Å². The molecule has 1 N–H and O–H groups in total. The number of fused-ring (bicyclic) bond motifs is 1. The molecule has 160 valence electrons. The number of benzene rings is 2. The maximum atomic E-state index is 13.7. The highest BCUT2D eigenvalue weighted by Crippen LogP contribution is 2.47. The molecule has 0 unspecified atom stereocenters. The molecular formula is C24H30N2O3S. The fraction of sp³-hybridized carbons (Fsp3) is 0.417. The lowest BCUT2D eigenvalue weighted by Crippen LogP contribution is -2.45. The van der Waals surface area contributed by atoms with Crippen LogP contribution in [0.1, 0.15) is 41.7 Å². The molecule has 30 heavy (non-hydrogen) atoms. The van der Waals surface area contributed by atoms with Gasteiger partial charge in [0.25, 0.3) is 5.91 Å². The summed E-state index contributed by atoms with van der Waals surface area (Å²) in [6.45, 7) is 7.17. The first kappa shape index (κ1) is 22.4. The molecule has 2 aromatic rings. The van der Waals surface area contributed by atoms with Crippen molar-refractivity contribution in [3.8, 4) is 0 Å². The van der Waals surface area contributed by atoms with E-state index in [1.54, 1.807) is 16.7 Å². The Bertz CT molecular complexity index is 898. The maximum absolute atomic E-state index is 13.7. The highest BCUT2D eigenvalue weighted by atomic mass is 32.2. The first-order valence-corrected chi connectivity index (χ1v) is 11.3. The molecule has 0 spiro atoms. The van der Waals surface area contributed by atoms with Crippen molar-refractivity contribution in [1.82, 2.24) is 5.32 Å². The van der Waals surface area contributed by atoms with Crippen molar-refractivity contribution in [3.63, 3.8) is 0 Å². The number of ether oxygens (including phenoxy) is 1. The summed E-state index contributed by atoms with van der Waals surface area (Å²) in [5, 5.41) is 2.81. The summed E-state index contributed by atoms with van der Waals surface area (Å²) in [4.78, 5) is 28.9. The van der Waals surface area contributed by atoms with Crippen molar-refractivity contribution in [2.75, 3.05) is 25.0 Å². The summed E-state index contributed by atoms with van der Waals surface area (Å²) in [5.41, 5.74) is 4.13. The van der Waals surface area contributed by atoms with E-state index in [1.807, 2.05) is 64.2 Å². The van der Waals surface area contributed by atoms with Gasteiger partial charge in [0.2, 0.25) is 0 Å². The average molecular weight is 427 g/mol. The molecule has 0 radical (unpaired) electrons. The minimum absolute atomic E-state index is 0.171. The number of aryl methyl sites for hydroxylation is 2. The Hall–Kier alpha value is -2.31. The quantitative estimate of drug-likeness (QED) is 0.665. The Labute approximate surface area is 183 Å². The molecule has 0 bridgehead atoms. The van der Waals surface area contributed by atoms with E-state index in [0.29, 0.717) is 25.9 Å². The Morgan fingerprint density at radius 1 is 1.13 bits per heavy atom. The van der Waals surface area contributed by atoms with E-state index in [1.165, 1.54) is 0 Å². The van der Waals surface area contributed by atoms with Crippen molar-refractivity contribution >= 4 is 29.3 Å². The van der Waals surface area contributed by atoms with Gasteiger partial charge in [-0.3, -0.25) is 9.59 Å². The van der Waals surface area contributed by atoms with Crippen molar-refractivity contribution in [2.45, 2.75) is 49.9 Å². The summed E-state index contributed by atoms with van der Waals surface area (Å²) in [5.74, 6) is -0.500. The van der Waals surface area contributed by atoms with Gasteiger partial charge < -0.3 is 15.0 Å². The number of rotatable bonds is 7. The van der Waals surface area contributed by atoms with E-state index >= 15 is 0 Å². The largest absolute Gasteiger partial charge is 0.451 e. The van der Waals surface area contributed by atoms with Crippen LogP contribution in [0.15, 0.2) is 47.4 Å². The number of anilines is 1. The van der Waals surface area contributed by atoms with Gasteiger partial charge in [0, 0.05) is 24.4 Å². The summed E-state index contributed by atoms with van der Waals surface area (Å²) < 4.78 is 5.82. The standard InChI is InChI=1S/C24H30N2O3S/c1-5-6-21(27)29-22-23(18-10-7-16(2)8-11-18)30-20-15-17(3)9-12-19(20)26(24(22)28)14-13-25-4/h7-12,15,22-23,25H,5-6,13-14H2,1-4H3/t22-,23+/m0/s1. The Morgan fingerprint density at radius 2 is 1.83 bits per heavy atom. The predicted octanol–water partition coefficient (Wildman–Crippen LogP) is 4.41. The van der Waals surface area contributed by atoms with E-state index in [9.17, 15) is 9.59 Å². The number of esters is 1. The third-order valence-corrected chi connectivity index (χ3v) is 6.50. The second-order valence-electron chi connectivity index (χ2n) is 7.67. The molecule has 0 aromatic heterocycles. The number of carbonyl (C=O) groups excluding carboxylic acids is 2. The summed E-state index contributed by atoms with van der Waals surface area (Å²) in [6, 6.07) is 14.2. The van der Waals surface area contributed by atoms with Gasteiger partial charge in [-0.15, -0.1) is 11.8 Å². The van der Waals surface area contributed by atoms with E-state index in [2.05, 4.69) is 11.4 Å². The number of amides is 1. The number of carbonyl (C=O) groups is 2. The number of nitrogens with one attached hydrogen (secondary N) is 1. The van der Waals surface area contributed by atoms with Gasteiger partial charge >= 0.3 is 5.97 Å². The first-order chi connectivity index (χ1) is 14.4. The molecule has 1 aliphatic rings. The minimum Gasteiger partial charge on any atom is -0.451 e. The van der Waals surface area contributed by atoms with Crippen LogP contribution in [-0.2, 0) is 14.3 Å². The highest BCUT2D eigenvalue weighted by molar-refractivity contribution is 7.99. The van der Waals surface area contributed by atoms with Crippen LogP contribution < -0.4 is 10.2 Å². The normalized spacial score (nSPS) is 18.7. The van der Waals surface area contributed by atoms with Gasteiger partial charge in [0.15, 0.2) is 6.10 Å². The van der Waals surface area contributed by atoms with Crippen LogP contribution in [0.4, 0.5) is 5.69 Å². The topological polar surface area (TPSA) is 58.6 Å². The zero-order valence-corrected chi connectivity index (χ0v) is 18.9. The molecule has 5 nitrogen and oxygen atoms in total. The van der Waals surface area contributed by atoms with Gasteiger partial charge in [0.1, 0.15) is 0 Å². The molecule has 6 heteroatoms. The smallest absolute Gasteiger partial charge is 0.306 e. The molecule has 2 atom stereocenters. The second-order valence-corrected chi connectivity index (χ2v) is 8.86. The molecule has 0 aliphatic carbocycles. The van der Waals surface area contributed by atoms with Crippen molar-refractivity contribution < 1.29 is 14.3 Å². The molecule has 2 aromatic carbocycles. The van der Waals surface area contributed by atoms with Crippen LogP contribution in [0.5, 0.6) is 0 Å². The van der Waals surface area contributed by atoms with Crippen LogP contribution in [0.25, 0.3) is 0 Å². The lowest BCUT2D eigenvalue weighted by molar-refractivity contribution is -0.155. The Balaban J connectivity index is 2.09. The van der Waals surface area contributed by atoms with Crippen molar-refractivity contribution in [1.29, 1.82) is 0 Å². The Kier molecular flexibility index (Phi) is 7.56. The summed E-state index contributed by atoms with van der Waals surface area (Å²) in [7, 11) is 1.86. The van der Waals surface area contributed by atoms with E-state index in [-0.39, 0.29) is 17.1 Å². The number of hydrogen-bond donors (Lipinski definition) is 1. The van der Waals surface area contributed by atoms with Gasteiger partial charge in [-0.05, 0) is 50.6 Å². The number of likely N-dealkylation sites (N-methyl/N-ethyl adjacent to an activating group) is 1. The number of nitrogens with zero attached hydrogens (tertiary/aromatic N) is 1. The monoisotopic (exact) mass is 426 g/mol. The summed E-state index contributed by atoms with van der Waals surface area (Å²) in [6.07, 6.45) is 0.115. The lowest BCUT2D eigenvalue weighted by atomic mass is 10.0. The van der Waals surface area contributed by atoms with Crippen molar-refractivity contribution in [2.24, 2.45) is 0 Å². The molecule has 3 rings (SSSR count).